The Morgan fingerprint density at radius 3 is 2.29 bits per heavy atom. The second-order valence-corrected chi connectivity index (χ2v) is 9.35. The van der Waals surface area contributed by atoms with E-state index in [-0.39, 0.29) is 9.92 Å². The number of nitrogens with zero attached hydrogens (tertiary/aromatic N) is 2. The molecule has 1 aliphatic heterocycles. The van der Waals surface area contributed by atoms with E-state index in [1.807, 2.05) is 36.1 Å². The average molecular weight is 397 g/mol. The van der Waals surface area contributed by atoms with Crippen molar-refractivity contribution in [2.45, 2.75) is 36.6 Å². The van der Waals surface area contributed by atoms with E-state index in [9.17, 15) is 8.42 Å². The molecular formula is C22H24N2O3S. The molecule has 1 fully saturated rings. The standard InChI is InChI=1S/C22H24N2O3S/c1-16-8-10-18(11-9-16)20-23-21(28(25,26)19-6-4-3-5-7-19)22(27-20)24-14-12-17(2)13-15-24/h3-11,17H,12-15H2,1-2H3. The zero-order chi connectivity index (χ0) is 19.7. The molecule has 2 heterocycles. The second kappa shape index (κ2) is 7.43. The molecular weight excluding hydrogens is 372 g/mol. The maximum atomic E-state index is 13.3. The highest BCUT2D eigenvalue weighted by Gasteiger charge is 2.32. The highest BCUT2D eigenvalue weighted by Crippen LogP contribution is 2.36. The van der Waals surface area contributed by atoms with Crippen LogP contribution in [0.2, 0.25) is 0 Å². The molecule has 0 amide bonds. The summed E-state index contributed by atoms with van der Waals surface area (Å²) in [6.07, 6.45) is 2.01. The van der Waals surface area contributed by atoms with Crippen molar-refractivity contribution in [1.29, 1.82) is 0 Å². The van der Waals surface area contributed by atoms with E-state index < -0.39 is 9.84 Å². The number of piperidine rings is 1. The molecule has 0 atom stereocenters. The van der Waals surface area contributed by atoms with E-state index in [1.165, 1.54) is 0 Å². The second-order valence-electron chi connectivity index (χ2n) is 7.48. The molecule has 146 valence electrons. The summed E-state index contributed by atoms with van der Waals surface area (Å²) >= 11 is 0. The summed E-state index contributed by atoms with van der Waals surface area (Å²) in [4.78, 5) is 6.70. The Hall–Kier alpha value is -2.60. The molecule has 5 nitrogen and oxygen atoms in total. The lowest BCUT2D eigenvalue weighted by molar-refractivity contribution is 0.415. The molecule has 0 bridgehead atoms. The first kappa shape index (κ1) is 18.7. The van der Waals surface area contributed by atoms with Gasteiger partial charge in [0.05, 0.1) is 4.90 Å². The number of sulfone groups is 1. The van der Waals surface area contributed by atoms with Crippen LogP contribution in [0.4, 0.5) is 5.88 Å². The Kier molecular flexibility index (Phi) is 4.98. The van der Waals surface area contributed by atoms with Gasteiger partial charge in [-0.15, -0.1) is 0 Å². The number of hydrogen-bond acceptors (Lipinski definition) is 5. The zero-order valence-electron chi connectivity index (χ0n) is 16.1. The van der Waals surface area contributed by atoms with Gasteiger partial charge in [-0.3, -0.25) is 0 Å². The van der Waals surface area contributed by atoms with E-state index in [2.05, 4.69) is 11.9 Å². The van der Waals surface area contributed by atoms with Gasteiger partial charge in [-0.25, -0.2) is 8.42 Å². The lowest BCUT2D eigenvalue weighted by atomic mass is 9.99. The van der Waals surface area contributed by atoms with Gasteiger partial charge in [-0.1, -0.05) is 42.8 Å². The molecule has 4 rings (SSSR count). The van der Waals surface area contributed by atoms with E-state index in [4.69, 9.17) is 4.42 Å². The van der Waals surface area contributed by atoms with Crippen molar-refractivity contribution in [2.24, 2.45) is 5.92 Å². The van der Waals surface area contributed by atoms with Crippen LogP contribution < -0.4 is 4.90 Å². The first-order valence-corrected chi connectivity index (χ1v) is 11.1. The zero-order valence-corrected chi connectivity index (χ0v) is 16.9. The third-order valence-electron chi connectivity index (χ3n) is 5.26. The Morgan fingerprint density at radius 2 is 1.64 bits per heavy atom. The summed E-state index contributed by atoms with van der Waals surface area (Å²) in [5, 5.41) is 0.00354. The van der Waals surface area contributed by atoms with Crippen LogP contribution >= 0.6 is 0 Å². The Bertz CT molecular complexity index is 1050. The molecule has 1 aromatic heterocycles. The number of hydrogen-bond donors (Lipinski definition) is 0. The normalized spacial score (nSPS) is 15.7. The van der Waals surface area contributed by atoms with Crippen molar-refractivity contribution < 1.29 is 12.8 Å². The maximum absolute atomic E-state index is 13.3. The third kappa shape index (κ3) is 3.56. The van der Waals surface area contributed by atoms with Gasteiger partial charge in [-0.05, 0) is 49.9 Å². The fraction of sp³-hybridized carbons (Fsp3) is 0.318. The van der Waals surface area contributed by atoms with E-state index in [0.717, 1.165) is 37.1 Å². The minimum absolute atomic E-state index is 0.00354. The fourth-order valence-corrected chi connectivity index (χ4v) is 4.76. The highest BCUT2D eigenvalue weighted by molar-refractivity contribution is 7.91. The minimum atomic E-state index is -3.77. The van der Waals surface area contributed by atoms with Gasteiger partial charge in [0.15, 0.2) is 0 Å². The summed E-state index contributed by atoms with van der Waals surface area (Å²) in [6.45, 7) is 5.75. The molecule has 0 spiro atoms. The van der Waals surface area contributed by atoms with Crippen molar-refractivity contribution in [3.05, 3.63) is 60.2 Å². The molecule has 28 heavy (non-hydrogen) atoms. The predicted molar refractivity (Wildman–Crippen MR) is 109 cm³/mol. The summed E-state index contributed by atoms with van der Waals surface area (Å²) in [5.74, 6) is 1.32. The molecule has 0 N–H and O–H groups in total. The summed E-state index contributed by atoms with van der Waals surface area (Å²) in [6, 6.07) is 16.2. The molecule has 2 aromatic carbocycles. The van der Waals surface area contributed by atoms with Crippen LogP contribution in [-0.2, 0) is 9.84 Å². The van der Waals surface area contributed by atoms with Crippen molar-refractivity contribution in [3.63, 3.8) is 0 Å². The van der Waals surface area contributed by atoms with Crippen LogP contribution in [0.3, 0.4) is 0 Å². The van der Waals surface area contributed by atoms with E-state index in [1.54, 1.807) is 30.3 Å². The van der Waals surface area contributed by atoms with E-state index in [0.29, 0.717) is 17.7 Å². The molecule has 1 saturated heterocycles. The lowest BCUT2D eigenvalue weighted by Gasteiger charge is -2.30. The largest absolute Gasteiger partial charge is 0.419 e. The number of aromatic nitrogens is 1. The Labute approximate surface area is 165 Å². The number of rotatable bonds is 4. The van der Waals surface area contributed by atoms with Gasteiger partial charge < -0.3 is 9.32 Å². The molecule has 0 saturated carbocycles. The number of benzene rings is 2. The quantitative estimate of drug-likeness (QED) is 0.638. The van der Waals surface area contributed by atoms with Crippen LogP contribution in [0, 0.1) is 12.8 Å². The molecule has 1 aliphatic rings. The van der Waals surface area contributed by atoms with Gasteiger partial charge in [0.1, 0.15) is 0 Å². The third-order valence-corrected chi connectivity index (χ3v) is 6.92. The smallest absolute Gasteiger partial charge is 0.236 e. The van der Waals surface area contributed by atoms with E-state index >= 15 is 0 Å². The summed E-state index contributed by atoms with van der Waals surface area (Å²) in [5.41, 5.74) is 1.89. The predicted octanol–water partition coefficient (Wildman–Crippen LogP) is 4.72. The SMILES string of the molecule is Cc1ccc(-c2nc(S(=O)(=O)c3ccccc3)c(N3CCC(C)CC3)o2)cc1. The van der Waals surface area contributed by atoms with Crippen LogP contribution in [0.15, 0.2) is 68.9 Å². The van der Waals surface area contributed by atoms with Crippen molar-refractivity contribution in [2.75, 3.05) is 18.0 Å². The molecule has 0 aliphatic carbocycles. The van der Waals surface area contributed by atoms with Gasteiger partial charge >= 0.3 is 0 Å². The Morgan fingerprint density at radius 1 is 1.00 bits per heavy atom. The van der Waals surface area contributed by atoms with Crippen LogP contribution in [0.1, 0.15) is 25.3 Å². The average Bonchev–Trinajstić information content (AvgIpc) is 3.16. The highest BCUT2D eigenvalue weighted by atomic mass is 32.2. The monoisotopic (exact) mass is 396 g/mol. The topological polar surface area (TPSA) is 63.4 Å². The van der Waals surface area contributed by atoms with Gasteiger partial charge in [0.2, 0.25) is 26.6 Å². The van der Waals surface area contributed by atoms with Crippen LogP contribution in [0.25, 0.3) is 11.5 Å². The number of anilines is 1. The van der Waals surface area contributed by atoms with Gasteiger partial charge in [0.25, 0.3) is 0 Å². The first-order chi connectivity index (χ1) is 13.4. The molecule has 0 unspecified atom stereocenters. The minimum Gasteiger partial charge on any atom is -0.419 e. The van der Waals surface area contributed by atoms with Gasteiger partial charge in [0, 0.05) is 18.7 Å². The first-order valence-electron chi connectivity index (χ1n) is 9.58. The number of oxazole rings is 1. The van der Waals surface area contributed by atoms with Gasteiger partial charge in [-0.2, -0.15) is 4.98 Å². The van der Waals surface area contributed by atoms with Crippen molar-refractivity contribution in [3.8, 4) is 11.5 Å². The molecule has 6 heteroatoms. The summed E-state index contributed by atoms with van der Waals surface area (Å²) in [7, 11) is -3.77. The van der Waals surface area contributed by atoms with Crippen molar-refractivity contribution in [1.82, 2.24) is 4.98 Å². The van der Waals surface area contributed by atoms with Crippen molar-refractivity contribution >= 4 is 15.7 Å². The lowest BCUT2D eigenvalue weighted by Crippen LogP contribution is -2.33. The van der Waals surface area contributed by atoms with Crippen LogP contribution in [-0.4, -0.2) is 26.5 Å². The summed E-state index contributed by atoms with van der Waals surface area (Å²) < 4.78 is 32.7. The molecule has 3 aromatic rings. The molecule has 0 radical (unpaired) electrons. The Balaban J connectivity index is 1.82. The van der Waals surface area contributed by atoms with Crippen LogP contribution in [0.5, 0.6) is 0 Å². The number of aryl methyl sites for hydroxylation is 1. The fourth-order valence-electron chi connectivity index (χ4n) is 3.42. The maximum Gasteiger partial charge on any atom is 0.236 e.